The second-order valence-corrected chi connectivity index (χ2v) is 6.99. The van der Waals surface area contributed by atoms with Crippen LogP contribution in [0.3, 0.4) is 0 Å². The first-order chi connectivity index (χ1) is 8.00. The molecule has 6 heteroatoms. The van der Waals surface area contributed by atoms with Crippen LogP contribution in [-0.2, 0) is 20.9 Å². The first-order valence-electron chi connectivity index (χ1n) is 5.44. The summed E-state index contributed by atoms with van der Waals surface area (Å²) >= 11 is 11.4. The van der Waals surface area contributed by atoms with Crippen LogP contribution in [0.2, 0.25) is 5.02 Å². The highest BCUT2D eigenvalue weighted by molar-refractivity contribution is 8.10. The Bertz CT molecular complexity index is 418. The first-order valence-corrected chi connectivity index (χ1v) is 8.46. The average molecular weight is 294 g/mol. The molecule has 0 saturated carbocycles. The van der Waals surface area contributed by atoms with Crippen molar-refractivity contribution in [2.75, 3.05) is 18.3 Å². The summed E-state index contributed by atoms with van der Waals surface area (Å²) in [7, 11) is 0. The van der Waals surface area contributed by atoms with Gasteiger partial charge in [0.25, 0.3) is 6.64 Å². The van der Waals surface area contributed by atoms with Crippen LogP contribution < -0.4 is 5.09 Å². The van der Waals surface area contributed by atoms with Gasteiger partial charge in [-0.25, -0.2) is 0 Å². The zero-order valence-electron chi connectivity index (χ0n) is 10.2. The molecule has 0 unspecified atom stereocenters. The molecule has 1 rings (SSSR count). The fourth-order valence-electron chi connectivity index (χ4n) is 1.26. The molecule has 96 valence electrons. The van der Waals surface area contributed by atoms with Gasteiger partial charge >= 0.3 is 0 Å². The van der Waals surface area contributed by atoms with Gasteiger partial charge in [0, 0.05) is 10.7 Å². The summed E-state index contributed by atoms with van der Waals surface area (Å²) in [5.74, 6) is 0. The Balaban J connectivity index is 2.86. The molecule has 0 amide bonds. The molecule has 1 aromatic rings. The molecular weight excluding hydrogens is 277 g/mol. The minimum atomic E-state index is -2.45. The van der Waals surface area contributed by atoms with E-state index in [-0.39, 0.29) is 0 Å². The molecule has 0 saturated heterocycles. The molecule has 0 spiro atoms. The van der Waals surface area contributed by atoms with Crippen molar-refractivity contribution < 1.29 is 9.05 Å². The van der Waals surface area contributed by atoms with Crippen molar-refractivity contribution in [1.82, 2.24) is 0 Å². The van der Waals surface area contributed by atoms with Crippen molar-refractivity contribution in [2.24, 2.45) is 0 Å². The number of anilines is 1. The molecule has 3 nitrogen and oxygen atoms in total. The molecule has 0 bridgehead atoms. The lowest BCUT2D eigenvalue weighted by Crippen LogP contribution is -2.04. The zero-order chi connectivity index (χ0) is 12.9. The van der Waals surface area contributed by atoms with Crippen molar-refractivity contribution in [3.63, 3.8) is 0 Å². The predicted molar refractivity (Wildman–Crippen MR) is 77.3 cm³/mol. The second kappa shape index (κ2) is 6.72. The van der Waals surface area contributed by atoms with Crippen molar-refractivity contribution in [1.29, 1.82) is 0 Å². The minimum absolute atomic E-state index is 0.518. The largest absolute Gasteiger partial charge is 0.316 e. The third-order valence-electron chi connectivity index (χ3n) is 2.04. The van der Waals surface area contributed by atoms with Gasteiger partial charge in [-0.3, -0.25) is 0 Å². The fraction of sp³-hybridized carbons (Fsp3) is 0.455. The highest BCUT2D eigenvalue weighted by atomic mass is 35.5. The van der Waals surface area contributed by atoms with E-state index < -0.39 is 6.64 Å². The quantitative estimate of drug-likeness (QED) is 0.790. The SMILES string of the molecule is CCOP(=S)(Nc1ccc(C)c(Cl)c1)OCC. The van der Waals surface area contributed by atoms with E-state index in [1.165, 1.54) is 0 Å². The standard InChI is InChI=1S/C11H17ClNO2PS/c1-4-14-16(17,15-5-2)13-10-7-6-9(3)11(12)8-10/h6-8H,4-5H2,1-3H3,(H,13,17). The van der Waals surface area contributed by atoms with Crippen molar-refractivity contribution in [3.05, 3.63) is 28.8 Å². The molecule has 0 radical (unpaired) electrons. The first kappa shape index (κ1) is 14.9. The van der Waals surface area contributed by atoms with Gasteiger partial charge in [-0.15, -0.1) is 0 Å². The Morgan fingerprint density at radius 3 is 2.35 bits per heavy atom. The minimum Gasteiger partial charge on any atom is -0.316 e. The van der Waals surface area contributed by atoms with E-state index in [1.807, 2.05) is 39.0 Å². The Kier molecular flexibility index (Phi) is 5.90. The maximum atomic E-state index is 6.05. The number of nitrogens with one attached hydrogen (secondary N) is 1. The van der Waals surface area contributed by atoms with Crippen LogP contribution in [0, 0.1) is 6.92 Å². The van der Waals surface area contributed by atoms with Gasteiger partial charge in [-0.1, -0.05) is 17.7 Å². The zero-order valence-corrected chi connectivity index (χ0v) is 12.7. The lowest BCUT2D eigenvalue weighted by atomic mass is 10.2. The van der Waals surface area contributed by atoms with E-state index in [4.69, 9.17) is 32.5 Å². The van der Waals surface area contributed by atoms with E-state index in [0.717, 1.165) is 11.3 Å². The summed E-state index contributed by atoms with van der Waals surface area (Å²) < 4.78 is 11.0. The highest BCUT2D eigenvalue weighted by Crippen LogP contribution is 2.48. The lowest BCUT2D eigenvalue weighted by Gasteiger charge is -2.22. The summed E-state index contributed by atoms with van der Waals surface area (Å²) in [5.41, 5.74) is 1.85. The van der Waals surface area contributed by atoms with Gasteiger partial charge in [0.2, 0.25) is 0 Å². The predicted octanol–water partition coefficient (Wildman–Crippen LogP) is 4.36. The third-order valence-corrected chi connectivity index (χ3v) is 5.08. The summed E-state index contributed by atoms with van der Waals surface area (Å²) in [6.45, 7) is 4.32. The van der Waals surface area contributed by atoms with E-state index >= 15 is 0 Å². The number of hydrogen-bond donors (Lipinski definition) is 1. The number of rotatable bonds is 6. The van der Waals surface area contributed by atoms with E-state index in [2.05, 4.69) is 5.09 Å². The Labute approximate surface area is 113 Å². The number of hydrogen-bond acceptors (Lipinski definition) is 3. The molecule has 0 aliphatic heterocycles. The van der Waals surface area contributed by atoms with Gasteiger partial charge in [-0.05, 0) is 50.3 Å². The molecule has 0 aromatic heterocycles. The van der Waals surface area contributed by atoms with Crippen LogP contribution in [0.25, 0.3) is 0 Å². The smallest absolute Gasteiger partial charge is 0.287 e. The van der Waals surface area contributed by atoms with Crippen molar-refractivity contribution in [3.8, 4) is 0 Å². The topological polar surface area (TPSA) is 30.5 Å². The molecular formula is C11H17ClNO2PS. The Morgan fingerprint density at radius 1 is 1.29 bits per heavy atom. The van der Waals surface area contributed by atoms with Crippen LogP contribution in [-0.4, -0.2) is 13.2 Å². The van der Waals surface area contributed by atoms with Crippen LogP contribution >= 0.6 is 18.2 Å². The molecule has 0 aliphatic carbocycles. The molecule has 0 heterocycles. The summed E-state index contributed by atoms with van der Waals surface area (Å²) in [6, 6.07) is 5.68. The Morgan fingerprint density at radius 2 is 1.88 bits per heavy atom. The Hall–Kier alpha value is -0.120. The summed E-state index contributed by atoms with van der Waals surface area (Å²) in [4.78, 5) is 0. The second-order valence-electron chi connectivity index (χ2n) is 3.41. The van der Waals surface area contributed by atoms with Gasteiger partial charge in [-0.2, -0.15) is 0 Å². The fourth-order valence-corrected chi connectivity index (χ4v) is 3.73. The normalized spacial score (nSPS) is 11.5. The highest BCUT2D eigenvalue weighted by Gasteiger charge is 2.17. The molecule has 0 atom stereocenters. The van der Waals surface area contributed by atoms with Crippen LogP contribution in [0.4, 0.5) is 5.69 Å². The lowest BCUT2D eigenvalue weighted by molar-refractivity contribution is 0.271. The third kappa shape index (κ3) is 4.57. The monoisotopic (exact) mass is 293 g/mol. The molecule has 1 N–H and O–H groups in total. The van der Waals surface area contributed by atoms with E-state index in [1.54, 1.807) is 0 Å². The summed E-state index contributed by atoms with van der Waals surface area (Å²) in [5, 5.41) is 3.82. The number of halogens is 1. The van der Waals surface area contributed by atoms with Crippen molar-refractivity contribution in [2.45, 2.75) is 20.8 Å². The maximum Gasteiger partial charge on any atom is 0.287 e. The van der Waals surface area contributed by atoms with E-state index in [0.29, 0.717) is 18.2 Å². The van der Waals surface area contributed by atoms with Gasteiger partial charge in [0.15, 0.2) is 0 Å². The number of benzene rings is 1. The van der Waals surface area contributed by atoms with Crippen LogP contribution in [0.1, 0.15) is 19.4 Å². The molecule has 0 aliphatic rings. The molecule has 0 fully saturated rings. The molecule has 17 heavy (non-hydrogen) atoms. The van der Waals surface area contributed by atoms with Gasteiger partial charge in [0.05, 0.1) is 13.2 Å². The maximum absolute atomic E-state index is 6.05. The summed E-state index contributed by atoms with van der Waals surface area (Å²) in [6.07, 6.45) is 0. The number of aryl methyl sites for hydroxylation is 1. The van der Waals surface area contributed by atoms with Crippen LogP contribution in [0.5, 0.6) is 0 Å². The van der Waals surface area contributed by atoms with Gasteiger partial charge in [0.1, 0.15) is 0 Å². The molecule has 1 aromatic carbocycles. The van der Waals surface area contributed by atoms with Crippen LogP contribution in [0.15, 0.2) is 18.2 Å². The van der Waals surface area contributed by atoms with E-state index in [9.17, 15) is 0 Å². The van der Waals surface area contributed by atoms with Crippen molar-refractivity contribution >= 4 is 35.7 Å². The van der Waals surface area contributed by atoms with Gasteiger partial charge < -0.3 is 14.1 Å². The average Bonchev–Trinajstić information content (AvgIpc) is 2.24.